The average molecular weight is 419 g/mol. The summed E-state index contributed by atoms with van der Waals surface area (Å²) in [5.74, 6) is 0.749. The molecular weight excluding hydrogens is 395 g/mol. The predicted octanol–water partition coefficient (Wildman–Crippen LogP) is 3.83. The third-order valence-electron chi connectivity index (χ3n) is 4.36. The van der Waals surface area contributed by atoms with E-state index in [1.165, 1.54) is 5.56 Å². The van der Waals surface area contributed by atoms with Gasteiger partial charge in [0.05, 0.1) is 24.4 Å². The van der Waals surface area contributed by atoms with Gasteiger partial charge < -0.3 is 19.8 Å². The van der Waals surface area contributed by atoms with Crippen LogP contribution in [-0.2, 0) is 26.7 Å². The molecule has 6 nitrogen and oxygen atoms in total. The molecule has 2 N–H and O–H groups in total. The Labute approximate surface area is 175 Å². The van der Waals surface area contributed by atoms with Crippen LogP contribution in [-0.4, -0.2) is 26.6 Å². The summed E-state index contributed by atoms with van der Waals surface area (Å²) in [5.41, 5.74) is 3.37. The van der Waals surface area contributed by atoms with Gasteiger partial charge in [-0.05, 0) is 24.1 Å². The second-order valence-corrected chi connectivity index (χ2v) is 7.20. The van der Waals surface area contributed by atoms with Gasteiger partial charge >= 0.3 is 0 Å². The molecule has 0 aliphatic heterocycles. The topological polar surface area (TPSA) is 59.2 Å². The van der Waals surface area contributed by atoms with Gasteiger partial charge in [-0.15, -0.1) is 0 Å². The summed E-state index contributed by atoms with van der Waals surface area (Å²) in [6, 6.07) is 10.3. The van der Waals surface area contributed by atoms with Crippen molar-refractivity contribution in [3.05, 3.63) is 76.0 Å². The zero-order chi connectivity index (χ0) is 19.9. The summed E-state index contributed by atoms with van der Waals surface area (Å²) in [5, 5.41) is 7.67. The van der Waals surface area contributed by atoms with Gasteiger partial charge in [0, 0.05) is 38.2 Å². The van der Waals surface area contributed by atoms with E-state index in [0.29, 0.717) is 23.3 Å². The van der Waals surface area contributed by atoms with Crippen molar-refractivity contribution in [2.45, 2.75) is 26.6 Å². The number of aliphatic imine (C=N–C) groups is 1. The van der Waals surface area contributed by atoms with Gasteiger partial charge in [0.1, 0.15) is 5.15 Å². The van der Waals surface area contributed by atoms with E-state index in [1.54, 1.807) is 6.20 Å². The predicted molar refractivity (Wildman–Crippen MR) is 115 cm³/mol. The normalized spacial score (nSPS) is 11.6. The van der Waals surface area contributed by atoms with Crippen molar-refractivity contribution in [2.75, 3.05) is 6.54 Å². The Morgan fingerprint density at radius 3 is 2.50 bits per heavy atom. The zero-order valence-electron chi connectivity index (χ0n) is 16.0. The summed E-state index contributed by atoms with van der Waals surface area (Å²) in [6.45, 7) is 4.81. The SMILES string of the molecule is CCNC(=NCc1ccc(Cn2ccnc2)cc1)NCc1cc(Cl)c(Cl)n1C. The molecule has 0 aliphatic rings. The standard InChI is InChI=1S/C20H24Cl2N6/c1-3-24-20(26-12-17-10-18(21)19(22)27(17)2)25-11-15-4-6-16(7-5-15)13-28-9-8-23-14-28/h4-10,14H,3,11-13H2,1-2H3,(H2,24,25,26). The monoisotopic (exact) mass is 418 g/mol. The maximum absolute atomic E-state index is 6.13. The number of rotatable bonds is 7. The van der Waals surface area contributed by atoms with E-state index >= 15 is 0 Å². The first-order valence-corrected chi connectivity index (χ1v) is 9.87. The van der Waals surface area contributed by atoms with Crippen LogP contribution in [0.5, 0.6) is 0 Å². The molecule has 0 atom stereocenters. The van der Waals surface area contributed by atoms with Crippen molar-refractivity contribution in [2.24, 2.45) is 12.0 Å². The Bertz CT molecular complexity index is 913. The minimum absolute atomic E-state index is 0.538. The van der Waals surface area contributed by atoms with Gasteiger partial charge in [-0.2, -0.15) is 0 Å². The van der Waals surface area contributed by atoms with E-state index in [9.17, 15) is 0 Å². The molecule has 0 radical (unpaired) electrons. The highest BCUT2D eigenvalue weighted by Crippen LogP contribution is 2.24. The largest absolute Gasteiger partial charge is 0.357 e. The fourth-order valence-electron chi connectivity index (χ4n) is 2.79. The quantitative estimate of drug-likeness (QED) is 0.452. The molecule has 0 bridgehead atoms. The van der Waals surface area contributed by atoms with Gasteiger partial charge in [0.25, 0.3) is 0 Å². The maximum atomic E-state index is 6.13. The third kappa shape index (κ3) is 5.30. The number of aromatic nitrogens is 3. The molecule has 0 fully saturated rings. The van der Waals surface area contributed by atoms with Gasteiger partial charge in [-0.1, -0.05) is 47.5 Å². The lowest BCUT2D eigenvalue weighted by molar-refractivity contribution is 0.752. The number of hydrogen-bond acceptors (Lipinski definition) is 2. The summed E-state index contributed by atoms with van der Waals surface area (Å²) in [4.78, 5) is 8.74. The van der Waals surface area contributed by atoms with Crippen molar-refractivity contribution in [1.82, 2.24) is 24.8 Å². The van der Waals surface area contributed by atoms with Crippen LogP contribution < -0.4 is 10.6 Å². The summed E-state index contributed by atoms with van der Waals surface area (Å²) >= 11 is 12.2. The molecule has 1 aromatic carbocycles. The number of guanidine groups is 1. The van der Waals surface area contributed by atoms with E-state index in [4.69, 9.17) is 23.2 Å². The molecule has 0 saturated heterocycles. The van der Waals surface area contributed by atoms with Crippen LogP contribution in [0.1, 0.15) is 23.7 Å². The minimum Gasteiger partial charge on any atom is -0.357 e. The molecule has 0 unspecified atom stereocenters. The Morgan fingerprint density at radius 2 is 1.89 bits per heavy atom. The smallest absolute Gasteiger partial charge is 0.191 e. The van der Waals surface area contributed by atoms with Crippen LogP contribution in [0.15, 0.2) is 54.0 Å². The van der Waals surface area contributed by atoms with Gasteiger partial charge in [0.15, 0.2) is 5.96 Å². The number of halogens is 2. The number of nitrogens with zero attached hydrogens (tertiary/aromatic N) is 4. The lowest BCUT2D eigenvalue weighted by atomic mass is 10.1. The fraction of sp³-hybridized carbons (Fsp3) is 0.300. The van der Waals surface area contributed by atoms with E-state index < -0.39 is 0 Å². The molecule has 8 heteroatoms. The summed E-state index contributed by atoms with van der Waals surface area (Å²) in [7, 11) is 1.89. The second-order valence-electron chi connectivity index (χ2n) is 6.43. The van der Waals surface area contributed by atoms with Crippen molar-refractivity contribution in [1.29, 1.82) is 0 Å². The van der Waals surface area contributed by atoms with Crippen molar-refractivity contribution in [3.8, 4) is 0 Å². The number of imidazole rings is 1. The fourth-order valence-corrected chi connectivity index (χ4v) is 3.20. The highest BCUT2D eigenvalue weighted by molar-refractivity contribution is 6.41. The van der Waals surface area contributed by atoms with Crippen LogP contribution in [0.25, 0.3) is 0 Å². The molecule has 0 amide bonds. The number of benzene rings is 1. The van der Waals surface area contributed by atoms with E-state index in [1.807, 2.05) is 41.7 Å². The molecule has 2 heterocycles. The van der Waals surface area contributed by atoms with Crippen molar-refractivity contribution in [3.63, 3.8) is 0 Å². The van der Waals surface area contributed by atoms with Crippen LogP contribution in [0, 0.1) is 0 Å². The molecule has 2 aromatic heterocycles. The lowest BCUT2D eigenvalue weighted by Crippen LogP contribution is -2.37. The first-order valence-electron chi connectivity index (χ1n) is 9.12. The average Bonchev–Trinajstić information content (AvgIpc) is 3.29. The summed E-state index contributed by atoms with van der Waals surface area (Å²) in [6.07, 6.45) is 5.56. The summed E-state index contributed by atoms with van der Waals surface area (Å²) < 4.78 is 3.90. The highest BCUT2D eigenvalue weighted by atomic mass is 35.5. The molecule has 0 saturated carbocycles. The first-order chi connectivity index (χ1) is 13.6. The van der Waals surface area contributed by atoms with Crippen molar-refractivity contribution >= 4 is 29.2 Å². The molecule has 3 aromatic rings. The first kappa shape index (κ1) is 20.3. The minimum atomic E-state index is 0.538. The second kappa shape index (κ2) is 9.66. The molecule has 0 spiro atoms. The van der Waals surface area contributed by atoms with Crippen LogP contribution in [0.3, 0.4) is 0 Å². The molecule has 148 valence electrons. The van der Waals surface area contributed by atoms with E-state index in [0.717, 1.165) is 30.3 Å². The van der Waals surface area contributed by atoms with Crippen LogP contribution >= 0.6 is 23.2 Å². The Morgan fingerprint density at radius 1 is 1.14 bits per heavy atom. The zero-order valence-corrected chi connectivity index (χ0v) is 17.5. The van der Waals surface area contributed by atoms with Gasteiger partial charge in [0.2, 0.25) is 0 Å². The third-order valence-corrected chi connectivity index (χ3v) is 5.21. The molecule has 3 rings (SSSR count). The van der Waals surface area contributed by atoms with E-state index in [2.05, 4.69) is 44.9 Å². The Balaban J connectivity index is 1.59. The number of nitrogens with one attached hydrogen (secondary N) is 2. The van der Waals surface area contributed by atoms with Crippen LogP contribution in [0.4, 0.5) is 0 Å². The van der Waals surface area contributed by atoms with Crippen LogP contribution in [0.2, 0.25) is 10.2 Å². The molecule has 28 heavy (non-hydrogen) atoms. The van der Waals surface area contributed by atoms with E-state index in [-0.39, 0.29) is 0 Å². The Kier molecular flexibility index (Phi) is 7.01. The highest BCUT2D eigenvalue weighted by Gasteiger charge is 2.09. The Hall–Kier alpha value is -2.44. The number of hydrogen-bond donors (Lipinski definition) is 2. The van der Waals surface area contributed by atoms with Crippen molar-refractivity contribution < 1.29 is 0 Å². The molecule has 0 aliphatic carbocycles. The van der Waals surface area contributed by atoms with Gasteiger partial charge in [-0.3, -0.25) is 0 Å². The maximum Gasteiger partial charge on any atom is 0.191 e. The lowest BCUT2D eigenvalue weighted by Gasteiger charge is -2.12. The van der Waals surface area contributed by atoms with Gasteiger partial charge in [-0.25, -0.2) is 9.98 Å². The molecular formula is C20H24Cl2N6.